The molecule has 0 radical (unpaired) electrons. The summed E-state index contributed by atoms with van der Waals surface area (Å²) in [6.07, 6.45) is 2.68. The Morgan fingerprint density at radius 1 is 1.17 bits per heavy atom. The van der Waals surface area contributed by atoms with E-state index in [0.717, 1.165) is 64.1 Å². The molecule has 128 valence electrons. The Bertz CT molecular complexity index is 465. The summed E-state index contributed by atoms with van der Waals surface area (Å²) in [7, 11) is 0. The first-order valence-corrected chi connectivity index (χ1v) is 9.00. The normalized spacial score (nSPS) is 16.3. The molecule has 1 aliphatic heterocycles. The fraction of sp³-hybridized carbons (Fsp3) is 0.632. The molecule has 1 amide bonds. The van der Waals surface area contributed by atoms with Crippen molar-refractivity contribution in [1.29, 1.82) is 0 Å². The smallest absolute Gasteiger partial charge is 0.230 e. The number of nitrogens with one attached hydrogen (secondary N) is 2. The van der Waals surface area contributed by atoms with Gasteiger partial charge in [-0.15, -0.1) is 0 Å². The summed E-state index contributed by atoms with van der Waals surface area (Å²) >= 11 is 0. The topological polar surface area (TPSA) is 44.4 Å². The number of nitrogens with zero attached hydrogens (tertiary/aromatic N) is 1. The van der Waals surface area contributed by atoms with E-state index in [2.05, 4.69) is 41.5 Å². The van der Waals surface area contributed by atoms with Crippen molar-refractivity contribution in [2.75, 3.05) is 39.3 Å². The second-order valence-corrected chi connectivity index (χ2v) is 6.36. The molecule has 4 nitrogen and oxygen atoms in total. The number of benzene rings is 1. The van der Waals surface area contributed by atoms with Gasteiger partial charge in [-0.3, -0.25) is 4.79 Å². The fourth-order valence-corrected chi connectivity index (χ4v) is 3.48. The van der Waals surface area contributed by atoms with Gasteiger partial charge in [0.05, 0.1) is 5.41 Å². The molecule has 1 aliphatic rings. The predicted octanol–water partition coefficient (Wildman–Crippen LogP) is 2.16. The molecule has 1 aromatic rings. The van der Waals surface area contributed by atoms with Gasteiger partial charge < -0.3 is 15.5 Å². The molecule has 2 N–H and O–H groups in total. The number of hydrogen-bond donors (Lipinski definition) is 2. The molecule has 0 aliphatic carbocycles. The molecule has 0 unspecified atom stereocenters. The second-order valence-electron chi connectivity index (χ2n) is 6.36. The van der Waals surface area contributed by atoms with E-state index in [1.807, 2.05) is 18.2 Å². The Morgan fingerprint density at radius 3 is 2.43 bits per heavy atom. The summed E-state index contributed by atoms with van der Waals surface area (Å²) < 4.78 is 0. The van der Waals surface area contributed by atoms with Crippen LogP contribution in [0.3, 0.4) is 0 Å². The van der Waals surface area contributed by atoms with Crippen molar-refractivity contribution in [2.45, 2.75) is 38.5 Å². The first kappa shape index (κ1) is 18.0. The van der Waals surface area contributed by atoms with Gasteiger partial charge in [0, 0.05) is 32.7 Å². The summed E-state index contributed by atoms with van der Waals surface area (Å²) in [5.41, 5.74) is 0.737. The highest BCUT2D eigenvalue weighted by Crippen LogP contribution is 2.31. The van der Waals surface area contributed by atoms with Crippen LogP contribution >= 0.6 is 0 Å². The third kappa shape index (κ3) is 4.55. The molecule has 4 heteroatoms. The third-order valence-electron chi connectivity index (χ3n) is 5.11. The lowest BCUT2D eigenvalue weighted by Crippen LogP contribution is -2.46. The standard InChI is InChI=1S/C19H31N3O/c1-3-19(4-2,17-9-6-5-7-10-17)18(23)21-11-8-14-22-15-12-20-13-16-22/h5-7,9-10,20H,3-4,8,11-16H2,1-2H3,(H,21,23). The molecule has 1 aromatic carbocycles. The van der Waals surface area contributed by atoms with Crippen LogP contribution in [0.4, 0.5) is 0 Å². The van der Waals surface area contributed by atoms with E-state index in [-0.39, 0.29) is 5.91 Å². The highest BCUT2D eigenvalue weighted by atomic mass is 16.2. The van der Waals surface area contributed by atoms with Crippen molar-refractivity contribution < 1.29 is 4.79 Å². The summed E-state index contributed by atoms with van der Waals surface area (Å²) in [6, 6.07) is 10.2. The summed E-state index contributed by atoms with van der Waals surface area (Å²) in [6.45, 7) is 10.4. The number of carbonyl (C=O) groups excluding carboxylic acids is 1. The molecule has 1 fully saturated rings. The quantitative estimate of drug-likeness (QED) is 0.722. The highest BCUT2D eigenvalue weighted by Gasteiger charge is 2.36. The minimum absolute atomic E-state index is 0.175. The van der Waals surface area contributed by atoms with Gasteiger partial charge in [-0.1, -0.05) is 44.2 Å². The molecular formula is C19H31N3O. The Balaban J connectivity index is 1.86. The van der Waals surface area contributed by atoms with Crippen molar-refractivity contribution in [3.05, 3.63) is 35.9 Å². The van der Waals surface area contributed by atoms with Crippen LogP contribution in [0.2, 0.25) is 0 Å². The predicted molar refractivity (Wildman–Crippen MR) is 95.6 cm³/mol. The van der Waals surface area contributed by atoms with Crippen LogP contribution in [0.5, 0.6) is 0 Å². The van der Waals surface area contributed by atoms with E-state index in [1.54, 1.807) is 0 Å². The first-order chi connectivity index (χ1) is 11.2. The summed E-state index contributed by atoms with van der Waals surface area (Å²) in [4.78, 5) is 15.3. The second kappa shape index (κ2) is 9.04. The summed E-state index contributed by atoms with van der Waals surface area (Å²) in [5, 5.41) is 6.55. The van der Waals surface area contributed by atoms with Crippen molar-refractivity contribution in [1.82, 2.24) is 15.5 Å². The first-order valence-electron chi connectivity index (χ1n) is 9.00. The summed E-state index contributed by atoms with van der Waals surface area (Å²) in [5.74, 6) is 0.175. The Hall–Kier alpha value is -1.39. The molecule has 0 bridgehead atoms. The lowest BCUT2D eigenvalue weighted by Gasteiger charge is -2.31. The lowest BCUT2D eigenvalue weighted by atomic mass is 9.75. The number of rotatable bonds is 8. The van der Waals surface area contributed by atoms with Crippen LogP contribution in [0.25, 0.3) is 0 Å². The molecule has 2 rings (SSSR count). The van der Waals surface area contributed by atoms with Gasteiger partial charge in [0.2, 0.25) is 5.91 Å². The zero-order chi connectivity index (χ0) is 16.5. The molecule has 0 saturated carbocycles. The molecule has 0 atom stereocenters. The molecular weight excluding hydrogens is 286 g/mol. The number of carbonyl (C=O) groups is 1. The van der Waals surface area contributed by atoms with Crippen molar-refractivity contribution in [3.63, 3.8) is 0 Å². The average Bonchev–Trinajstić information content (AvgIpc) is 2.62. The fourth-order valence-electron chi connectivity index (χ4n) is 3.48. The van der Waals surface area contributed by atoms with Gasteiger partial charge in [-0.25, -0.2) is 0 Å². The zero-order valence-corrected chi connectivity index (χ0v) is 14.6. The van der Waals surface area contributed by atoms with Gasteiger partial charge in [0.1, 0.15) is 0 Å². The molecule has 1 saturated heterocycles. The minimum Gasteiger partial charge on any atom is -0.355 e. The van der Waals surface area contributed by atoms with E-state index in [9.17, 15) is 4.79 Å². The molecule has 1 heterocycles. The van der Waals surface area contributed by atoms with E-state index < -0.39 is 5.41 Å². The minimum atomic E-state index is -0.393. The average molecular weight is 317 g/mol. The van der Waals surface area contributed by atoms with Gasteiger partial charge in [-0.05, 0) is 31.4 Å². The maximum atomic E-state index is 12.8. The van der Waals surface area contributed by atoms with E-state index in [1.165, 1.54) is 0 Å². The van der Waals surface area contributed by atoms with E-state index in [0.29, 0.717) is 0 Å². The maximum absolute atomic E-state index is 12.8. The lowest BCUT2D eigenvalue weighted by molar-refractivity contribution is -0.127. The Labute approximate surface area is 140 Å². The zero-order valence-electron chi connectivity index (χ0n) is 14.6. The molecule has 23 heavy (non-hydrogen) atoms. The van der Waals surface area contributed by atoms with Crippen molar-refractivity contribution in [3.8, 4) is 0 Å². The Kier molecular flexibility index (Phi) is 7.06. The number of hydrogen-bond acceptors (Lipinski definition) is 3. The monoisotopic (exact) mass is 317 g/mol. The van der Waals surface area contributed by atoms with Gasteiger partial charge in [0.15, 0.2) is 0 Å². The van der Waals surface area contributed by atoms with E-state index in [4.69, 9.17) is 0 Å². The van der Waals surface area contributed by atoms with E-state index >= 15 is 0 Å². The third-order valence-corrected chi connectivity index (χ3v) is 5.11. The van der Waals surface area contributed by atoms with Crippen molar-refractivity contribution >= 4 is 5.91 Å². The molecule has 0 spiro atoms. The largest absolute Gasteiger partial charge is 0.355 e. The highest BCUT2D eigenvalue weighted by molar-refractivity contribution is 5.88. The van der Waals surface area contributed by atoms with Crippen LogP contribution in [0.1, 0.15) is 38.7 Å². The van der Waals surface area contributed by atoms with Crippen LogP contribution in [0.15, 0.2) is 30.3 Å². The van der Waals surface area contributed by atoms with Gasteiger partial charge >= 0.3 is 0 Å². The number of piperazine rings is 1. The van der Waals surface area contributed by atoms with Crippen LogP contribution in [-0.2, 0) is 10.2 Å². The van der Waals surface area contributed by atoms with Crippen LogP contribution < -0.4 is 10.6 Å². The van der Waals surface area contributed by atoms with Gasteiger partial charge in [-0.2, -0.15) is 0 Å². The SMILES string of the molecule is CCC(CC)(C(=O)NCCCN1CCNCC1)c1ccccc1. The maximum Gasteiger partial charge on any atom is 0.230 e. The Morgan fingerprint density at radius 2 is 1.83 bits per heavy atom. The van der Waals surface area contributed by atoms with Gasteiger partial charge in [0.25, 0.3) is 0 Å². The molecule has 0 aromatic heterocycles. The van der Waals surface area contributed by atoms with Crippen LogP contribution in [-0.4, -0.2) is 50.1 Å². The van der Waals surface area contributed by atoms with Crippen LogP contribution in [0, 0.1) is 0 Å². The van der Waals surface area contributed by atoms with Crippen molar-refractivity contribution in [2.24, 2.45) is 0 Å². The number of amides is 1.